The predicted molar refractivity (Wildman–Crippen MR) is 32.5 cm³/mol. The Hall–Kier alpha value is 1.07. The Morgan fingerprint density at radius 3 is 2.60 bits per heavy atom. The maximum absolute atomic E-state index is 5.31. The summed E-state index contributed by atoms with van der Waals surface area (Å²) >= 11 is 7.09. The van der Waals surface area contributed by atoms with Gasteiger partial charge in [-0.2, -0.15) is 11.8 Å². The molecule has 0 fully saturated rings. The summed E-state index contributed by atoms with van der Waals surface area (Å²) in [4.78, 5) is 0. The molecule has 3 heteroatoms. The van der Waals surface area contributed by atoms with Gasteiger partial charge in [0.15, 0.2) is 0 Å². The molecule has 0 bridgehead atoms. The van der Waals surface area contributed by atoms with E-state index in [1.54, 1.807) is 11.8 Å². The minimum absolute atomic E-state index is 0.593. The Morgan fingerprint density at radius 1 is 2.00 bits per heavy atom. The maximum Gasteiger partial charge on any atom is 0.0245 e. The molecule has 0 saturated carbocycles. The molecule has 32 valence electrons. The van der Waals surface area contributed by atoms with E-state index in [0.717, 1.165) is 5.49 Å². The van der Waals surface area contributed by atoms with Crippen molar-refractivity contribution in [2.24, 2.45) is 0 Å². The van der Waals surface area contributed by atoms with Crippen LogP contribution >= 0.6 is 30.9 Å². The third kappa shape index (κ3) is 5.07. The van der Waals surface area contributed by atoms with Crippen LogP contribution in [0.15, 0.2) is 0 Å². The molecule has 0 aliphatic rings. The molecule has 0 amide bonds. The lowest BCUT2D eigenvalue weighted by Gasteiger charge is -1.78. The molecule has 5 heavy (non-hydrogen) atoms. The van der Waals surface area contributed by atoms with Crippen LogP contribution in [0.3, 0.4) is 0 Å². The first-order valence-electron chi connectivity index (χ1n) is 1.24. The summed E-state index contributed by atoms with van der Waals surface area (Å²) in [6.07, 6.45) is 2.05. The molecule has 0 rings (SSSR count). The largest absolute Gasteiger partial charge is 0.160 e. The van der Waals surface area contributed by atoms with Crippen molar-refractivity contribution in [1.82, 2.24) is 0 Å². The van der Waals surface area contributed by atoms with Crippen LogP contribution in [0.2, 0.25) is 0 Å². The summed E-state index contributed by atoms with van der Waals surface area (Å²) in [7, 11) is 0.593. The van der Waals surface area contributed by atoms with Crippen LogP contribution in [0, 0.1) is 0 Å². The maximum atomic E-state index is 5.31. The summed E-state index contributed by atoms with van der Waals surface area (Å²) < 4.78 is 0. The van der Waals surface area contributed by atoms with Gasteiger partial charge in [0.05, 0.1) is 0 Å². The minimum atomic E-state index is 0.593. The van der Waals surface area contributed by atoms with Gasteiger partial charge in [0, 0.05) is 5.49 Å². The summed E-state index contributed by atoms with van der Waals surface area (Å²) in [6, 6.07) is 0. The quantitative estimate of drug-likeness (QED) is 0.514. The lowest BCUT2D eigenvalue weighted by molar-refractivity contribution is 2.24. The highest BCUT2D eigenvalue weighted by atomic mass is 35.7. The smallest absolute Gasteiger partial charge is 0.0245 e. The average molecular weight is 129 g/mol. The molecule has 0 heterocycles. The number of hydrogen-bond donors (Lipinski definition) is 0. The number of hydrogen-bond acceptors (Lipinski definition) is 1. The van der Waals surface area contributed by atoms with E-state index in [2.05, 4.69) is 6.26 Å². The second-order valence-electron chi connectivity index (χ2n) is 0.567. The van der Waals surface area contributed by atoms with Gasteiger partial charge in [-0.15, -0.1) is 0 Å². The van der Waals surface area contributed by atoms with Crippen LogP contribution in [0.1, 0.15) is 0 Å². The van der Waals surface area contributed by atoms with E-state index in [9.17, 15) is 0 Å². The van der Waals surface area contributed by atoms with Crippen molar-refractivity contribution in [3.63, 3.8) is 0 Å². The van der Waals surface area contributed by atoms with Gasteiger partial charge in [0.2, 0.25) is 0 Å². The van der Waals surface area contributed by atoms with Gasteiger partial charge >= 0.3 is 0 Å². The van der Waals surface area contributed by atoms with Gasteiger partial charge in [-0.1, -0.05) is 11.2 Å². The van der Waals surface area contributed by atoms with E-state index >= 15 is 0 Å². The van der Waals surface area contributed by atoms with E-state index < -0.39 is 0 Å². The predicted octanol–water partition coefficient (Wildman–Crippen LogP) is 2.14. The van der Waals surface area contributed by atoms with E-state index in [-0.39, 0.29) is 0 Å². The van der Waals surface area contributed by atoms with E-state index in [4.69, 9.17) is 11.2 Å². The van der Waals surface area contributed by atoms with Gasteiger partial charge in [-0.05, 0) is 14.2 Å². The fourth-order valence-electron chi connectivity index (χ4n) is 0.0546. The van der Waals surface area contributed by atoms with Gasteiger partial charge in [-0.25, -0.2) is 0 Å². The molecule has 0 N–H and O–H groups in total. The molecule has 1 atom stereocenters. The van der Waals surface area contributed by atoms with Gasteiger partial charge in [0.25, 0.3) is 0 Å². The fraction of sp³-hybridized carbons (Fsp3) is 1.00. The van der Waals surface area contributed by atoms with E-state index in [0.29, 0.717) is 7.93 Å². The van der Waals surface area contributed by atoms with Crippen molar-refractivity contribution >= 4 is 30.9 Å². The lowest BCUT2D eigenvalue weighted by Crippen LogP contribution is -1.48. The van der Waals surface area contributed by atoms with Crippen LogP contribution in [0.4, 0.5) is 0 Å². The van der Waals surface area contributed by atoms with Crippen LogP contribution in [-0.2, 0) is 0 Å². The zero-order chi connectivity index (χ0) is 4.12. The summed E-state index contributed by atoms with van der Waals surface area (Å²) in [6.45, 7) is 0. The number of halogens is 1. The Balaban J connectivity index is 2.19. The van der Waals surface area contributed by atoms with E-state index in [1.807, 2.05) is 0 Å². The van der Waals surface area contributed by atoms with Crippen LogP contribution < -0.4 is 0 Å². The average Bonchev–Trinajstić information content (AvgIpc) is 1.41. The second kappa shape index (κ2) is 5.07. The summed E-state index contributed by atoms with van der Waals surface area (Å²) in [5.74, 6) is 0. The van der Waals surface area contributed by atoms with E-state index in [1.165, 1.54) is 0 Å². The van der Waals surface area contributed by atoms with Gasteiger partial charge < -0.3 is 0 Å². The van der Waals surface area contributed by atoms with Crippen molar-refractivity contribution in [2.45, 2.75) is 0 Å². The van der Waals surface area contributed by atoms with Crippen molar-refractivity contribution in [2.75, 3.05) is 11.7 Å². The highest BCUT2D eigenvalue weighted by Crippen LogP contribution is 2.19. The van der Waals surface area contributed by atoms with Crippen molar-refractivity contribution < 1.29 is 0 Å². The van der Waals surface area contributed by atoms with Gasteiger partial charge in [-0.3, -0.25) is 0 Å². The van der Waals surface area contributed by atoms with Crippen molar-refractivity contribution in [3.05, 3.63) is 0 Å². The Kier molecular flexibility index (Phi) is 6.15. The summed E-state index contributed by atoms with van der Waals surface area (Å²) in [5.41, 5.74) is 1.10. The van der Waals surface area contributed by atoms with Crippen molar-refractivity contribution in [1.29, 1.82) is 0 Å². The molecule has 0 radical (unpaired) electrons. The molecule has 0 nitrogen and oxygen atoms in total. The van der Waals surface area contributed by atoms with Gasteiger partial charge in [0.1, 0.15) is 0 Å². The molecular weight excluding hydrogens is 123 g/mol. The first-order valence-corrected chi connectivity index (χ1v) is 4.85. The molecule has 0 aliphatic carbocycles. The van der Waals surface area contributed by atoms with Crippen LogP contribution in [0.25, 0.3) is 0 Å². The fourth-order valence-corrected chi connectivity index (χ4v) is 1.47. The Labute approximate surface area is 43.2 Å². The summed E-state index contributed by atoms with van der Waals surface area (Å²) in [5, 5.41) is 0. The third-order valence-electron chi connectivity index (χ3n) is 0.199. The first-order chi connectivity index (χ1) is 2.41. The zero-order valence-corrected chi connectivity index (χ0v) is 5.57. The molecule has 0 spiro atoms. The normalized spacial score (nSPS) is 10.8. The van der Waals surface area contributed by atoms with Crippen molar-refractivity contribution in [3.8, 4) is 0 Å². The van der Waals surface area contributed by atoms with Crippen LogP contribution in [-0.4, -0.2) is 11.7 Å². The molecule has 0 aliphatic heterocycles. The Morgan fingerprint density at radius 2 is 2.60 bits per heavy atom. The molecule has 1 unspecified atom stereocenters. The minimum Gasteiger partial charge on any atom is -0.160 e. The van der Waals surface area contributed by atoms with Crippen LogP contribution in [0.5, 0.6) is 0 Å². The third-order valence-corrected chi connectivity index (χ3v) is 2.77. The standard InChI is InChI=1S/C2H6ClPS/c1-5-2-4-3/h4H,2H2,1H3. The molecule has 0 aromatic heterocycles. The first kappa shape index (κ1) is 6.07. The number of thioether (sulfide) groups is 1. The topological polar surface area (TPSA) is 0 Å². The number of rotatable bonds is 2. The zero-order valence-electron chi connectivity index (χ0n) is 2.99. The Bertz CT molecular complexity index is 17.1. The highest BCUT2D eigenvalue weighted by molar-refractivity contribution is 8.04. The molecular formula is C2H6ClPS. The lowest BCUT2D eigenvalue weighted by atomic mass is 11.9. The molecule has 0 aromatic rings. The highest BCUT2D eigenvalue weighted by Gasteiger charge is 1.69. The monoisotopic (exact) mass is 128 g/mol. The molecule has 0 aromatic carbocycles. The second-order valence-corrected chi connectivity index (χ2v) is 3.37. The molecule has 0 saturated heterocycles. The SMILES string of the molecule is CSCPCl.